The first kappa shape index (κ1) is 13.4. The first-order valence-corrected chi connectivity index (χ1v) is 7.75. The third-order valence-corrected chi connectivity index (χ3v) is 4.95. The number of hydrogen-bond acceptors (Lipinski definition) is 3. The highest BCUT2D eigenvalue weighted by atomic mass is 16.1. The highest BCUT2D eigenvalue weighted by molar-refractivity contribution is 5.91. The van der Waals surface area contributed by atoms with Crippen molar-refractivity contribution < 1.29 is 4.79 Å². The van der Waals surface area contributed by atoms with Gasteiger partial charge < -0.3 is 11.1 Å². The lowest BCUT2D eigenvalue weighted by Crippen LogP contribution is -2.34. The smallest absolute Gasteiger partial charge is 0.228 e. The molecule has 0 radical (unpaired) electrons. The van der Waals surface area contributed by atoms with E-state index in [1.165, 1.54) is 32.1 Å². The third kappa shape index (κ3) is 2.94. The van der Waals surface area contributed by atoms with Gasteiger partial charge in [0.25, 0.3) is 0 Å². The first-order valence-electron chi connectivity index (χ1n) is 7.75. The predicted octanol–water partition coefficient (Wildman–Crippen LogP) is 3.21. The van der Waals surface area contributed by atoms with Crippen LogP contribution in [0.2, 0.25) is 0 Å². The van der Waals surface area contributed by atoms with Crippen LogP contribution in [-0.2, 0) is 4.79 Å². The van der Waals surface area contributed by atoms with Crippen LogP contribution in [0, 0.1) is 17.8 Å². The number of anilines is 2. The first-order chi connectivity index (χ1) is 9.72. The lowest BCUT2D eigenvalue weighted by atomic mass is 9.67. The number of aromatic nitrogens is 1. The fourth-order valence-electron chi connectivity index (χ4n) is 3.82. The molecule has 0 bridgehead atoms. The summed E-state index contributed by atoms with van der Waals surface area (Å²) < 4.78 is 0. The summed E-state index contributed by atoms with van der Waals surface area (Å²) in [6.07, 6.45) is 10.3. The number of nitrogens with two attached hydrogens (primary N) is 1. The van der Waals surface area contributed by atoms with E-state index in [2.05, 4.69) is 10.3 Å². The van der Waals surface area contributed by atoms with Gasteiger partial charge in [-0.2, -0.15) is 0 Å². The molecule has 0 aromatic carbocycles. The molecule has 4 heteroatoms. The van der Waals surface area contributed by atoms with Gasteiger partial charge in [-0.15, -0.1) is 0 Å². The van der Waals surface area contributed by atoms with Gasteiger partial charge in [0.1, 0.15) is 5.82 Å². The van der Waals surface area contributed by atoms with E-state index < -0.39 is 0 Å². The van der Waals surface area contributed by atoms with Crippen LogP contribution in [-0.4, -0.2) is 10.9 Å². The van der Waals surface area contributed by atoms with Crippen LogP contribution in [0.1, 0.15) is 44.9 Å². The van der Waals surface area contributed by atoms with E-state index in [-0.39, 0.29) is 11.8 Å². The van der Waals surface area contributed by atoms with Gasteiger partial charge in [0, 0.05) is 5.92 Å². The summed E-state index contributed by atoms with van der Waals surface area (Å²) in [5, 5.41) is 2.93. The summed E-state index contributed by atoms with van der Waals surface area (Å²) in [7, 11) is 0. The van der Waals surface area contributed by atoms with Crippen LogP contribution >= 0.6 is 0 Å². The van der Waals surface area contributed by atoms with Gasteiger partial charge in [-0.05, 0) is 43.2 Å². The Labute approximate surface area is 120 Å². The summed E-state index contributed by atoms with van der Waals surface area (Å²) in [4.78, 5) is 16.5. The van der Waals surface area contributed by atoms with Crippen LogP contribution in [0.15, 0.2) is 18.3 Å². The topological polar surface area (TPSA) is 68.0 Å². The number of nitrogen functional groups attached to an aromatic ring is 1. The number of fused-ring (bicyclic) bond motifs is 1. The molecular weight excluding hydrogens is 250 g/mol. The minimum Gasteiger partial charge on any atom is -0.397 e. The molecule has 3 atom stereocenters. The van der Waals surface area contributed by atoms with Crippen molar-refractivity contribution in [2.75, 3.05) is 11.1 Å². The molecule has 3 unspecified atom stereocenters. The average Bonchev–Trinajstić information content (AvgIpc) is 2.49. The minimum atomic E-state index is 0.131. The van der Waals surface area contributed by atoms with E-state index in [0.717, 1.165) is 24.7 Å². The monoisotopic (exact) mass is 273 g/mol. The van der Waals surface area contributed by atoms with Crippen LogP contribution in [0.4, 0.5) is 11.5 Å². The Morgan fingerprint density at radius 3 is 2.70 bits per heavy atom. The fraction of sp³-hybridized carbons (Fsp3) is 0.625. The molecule has 2 fully saturated rings. The summed E-state index contributed by atoms with van der Waals surface area (Å²) in [6.45, 7) is 0. The molecule has 0 aliphatic heterocycles. The van der Waals surface area contributed by atoms with Crippen LogP contribution in [0.5, 0.6) is 0 Å². The summed E-state index contributed by atoms with van der Waals surface area (Å²) in [5.41, 5.74) is 6.21. The van der Waals surface area contributed by atoms with E-state index in [4.69, 9.17) is 5.73 Å². The van der Waals surface area contributed by atoms with Crippen molar-refractivity contribution in [1.29, 1.82) is 0 Å². The molecule has 4 nitrogen and oxygen atoms in total. The number of carbonyl (C=O) groups excluding carboxylic acids is 1. The van der Waals surface area contributed by atoms with Gasteiger partial charge in [-0.25, -0.2) is 4.98 Å². The molecule has 20 heavy (non-hydrogen) atoms. The summed E-state index contributed by atoms with van der Waals surface area (Å²) in [5.74, 6) is 2.55. The van der Waals surface area contributed by atoms with Crippen molar-refractivity contribution in [3.63, 3.8) is 0 Å². The molecule has 0 saturated heterocycles. The van der Waals surface area contributed by atoms with E-state index in [1.54, 1.807) is 18.3 Å². The largest absolute Gasteiger partial charge is 0.397 e. The Morgan fingerprint density at radius 2 is 1.95 bits per heavy atom. The second kappa shape index (κ2) is 5.81. The zero-order valence-corrected chi connectivity index (χ0v) is 11.8. The van der Waals surface area contributed by atoms with Crippen molar-refractivity contribution in [2.45, 2.75) is 44.9 Å². The minimum absolute atomic E-state index is 0.131. The number of nitrogens with one attached hydrogen (secondary N) is 1. The maximum Gasteiger partial charge on any atom is 0.228 e. The number of rotatable bonds is 2. The van der Waals surface area contributed by atoms with Crippen molar-refractivity contribution in [3.05, 3.63) is 18.3 Å². The van der Waals surface area contributed by atoms with E-state index in [9.17, 15) is 4.79 Å². The molecule has 3 N–H and O–H groups in total. The second-order valence-electron chi connectivity index (χ2n) is 6.28. The number of pyridine rings is 1. The molecule has 2 aliphatic carbocycles. The normalized spacial score (nSPS) is 29.5. The molecule has 0 spiro atoms. The lowest BCUT2D eigenvalue weighted by Gasteiger charge is -2.38. The van der Waals surface area contributed by atoms with E-state index in [1.807, 2.05) is 0 Å². The molecular formula is C16H23N3O. The van der Waals surface area contributed by atoms with Crippen molar-refractivity contribution in [1.82, 2.24) is 4.98 Å². The van der Waals surface area contributed by atoms with Crippen molar-refractivity contribution in [3.8, 4) is 0 Å². The predicted molar refractivity (Wildman–Crippen MR) is 80.1 cm³/mol. The van der Waals surface area contributed by atoms with Gasteiger partial charge in [0.15, 0.2) is 0 Å². The molecule has 3 rings (SSSR count). The second-order valence-corrected chi connectivity index (χ2v) is 6.28. The maximum absolute atomic E-state index is 12.3. The number of amides is 1. The van der Waals surface area contributed by atoms with E-state index in [0.29, 0.717) is 11.5 Å². The zero-order valence-electron chi connectivity index (χ0n) is 11.8. The van der Waals surface area contributed by atoms with Gasteiger partial charge in [0.05, 0.1) is 11.9 Å². The molecule has 1 amide bonds. The molecule has 1 aromatic heterocycles. The highest BCUT2D eigenvalue weighted by Crippen LogP contribution is 2.42. The highest BCUT2D eigenvalue weighted by Gasteiger charge is 2.34. The van der Waals surface area contributed by atoms with Crippen LogP contribution in [0.25, 0.3) is 0 Å². The van der Waals surface area contributed by atoms with Gasteiger partial charge in [-0.1, -0.05) is 25.7 Å². The van der Waals surface area contributed by atoms with Crippen molar-refractivity contribution in [2.24, 2.45) is 17.8 Å². The van der Waals surface area contributed by atoms with Gasteiger partial charge >= 0.3 is 0 Å². The van der Waals surface area contributed by atoms with Crippen molar-refractivity contribution >= 4 is 17.4 Å². The van der Waals surface area contributed by atoms with Crippen LogP contribution in [0.3, 0.4) is 0 Å². The SMILES string of the molecule is Nc1ccc(NC(=O)C2CCC3CCCCC3C2)nc1. The molecule has 2 saturated carbocycles. The Kier molecular flexibility index (Phi) is 3.90. The maximum atomic E-state index is 12.3. The van der Waals surface area contributed by atoms with Gasteiger partial charge in [0.2, 0.25) is 5.91 Å². The van der Waals surface area contributed by atoms with E-state index >= 15 is 0 Å². The summed E-state index contributed by atoms with van der Waals surface area (Å²) in [6, 6.07) is 3.53. The molecule has 108 valence electrons. The quantitative estimate of drug-likeness (QED) is 0.869. The Hall–Kier alpha value is -1.58. The Morgan fingerprint density at radius 1 is 1.15 bits per heavy atom. The molecule has 1 aromatic rings. The Balaban J connectivity index is 1.58. The number of carbonyl (C=O) groups is 1. The zero-order chi connectivity index (χ0) is 13.9. The number of nitrogens with zero attached hydrogens (tertiary/aromatic N) is 1. The standard InChI is InChI=1S/C16H23N3O/c17-14-7-8-15(18-10-14)19-16(20)13-6-5-11-3-1-2-4-12(11)9-13/h7-8,10-13H,1-6,9,17H2,(H,18,19,20). The van der Waals surface area contributed by atoms with Crippen LogP contribution < -0.4 is 11.1 Å². The third-order valence-electron chi connectivity index (χ3n) is 4.95. The molecule has 1 heterocycles. The lowest BCUT2D eigenvalue weighted by molar-refractivity contribution is -0.122. The summed E-state index contributed by atoms with van der Waals surface area (Å²) >= 11 is 0. The van der Waals surface area contributed by atoms with Gasteiger partial charge in [-0.3, -0.25) is 4.79 Å². The Bertz CT molecular complexity index is 471. The average molecular weight is 273 g/mol. The molecule has 2 aliphatic rings. The number of hydrogen-bond donors (Lipinski definition) is 2. The fourth-order valence-corrected chi connectivity index (χ4v) is 3.82.